The van der Waals surface area contributed by atoms with E-state index in [1.807, 2.05) is 0 Å². The quantitative estimate of drug-likeness (QED) is 0.347. The predicted molar refractivity (Wildman–Crippen MR) is 48.3 cm³/mol. The minimum absolute atomic E-state index is 0. The Morgan fingerprint density at radius 3 is 1.81 bits per heavy atom. The fourth-order valence-electron chi connectivity index (χ4n) is 1.13. The van der Waals surface area contributed by atoms with Crippen LogP contribution in [-0.2, 0) is 10.1 Å². The topological polar surface area (TPSA) is 57.2 Å². The number of alkyl halides is 3. The Balaban J connectivity index is 0. The van der Waals surface area contributed by atoms with Gasteiger partial charge >= 0.3 is 25.0 Å². The zero-order chi connectivity index (χ0) is 11.9. The van der Waals surface area contributed by atoms with Crippen molar-refractivity contribution in [3.05, 3.63) is 0 Å². The van der Waals surface area contributed by atoms with Gasteiger partial charge in [0, 0.05) is 12.2 Å². The molecule has 16 heavy (non-hydrogen) atoms. The Morgan fingerprint density at radius 1 is 0.938 bits per heavy atom. The minimum Gasteiger partial charge on any atom is -0.748 e. The van der Waals surface area contributed by atoms with Crippen LogP contribution in [0.4, 0.5) is 13.2 Å². The van der Waals surface area contributed by atoms with Crippen molar-refractivity contribution in [2.45, 2.75) is 44.7 Å². The molecule has 0 heterocycles. The van der Waals surface area contributed by atoms with E-state index in [9.17, 15) is 26.1 Å². The molecule has 0 aliphatic carbocycles. The van der Waals surface area contributed by atoms with Crippen molar-refractivity contribution in [3.8, 4) is 0 Å². The summed E-state index contributed by atoms with van der Waals surface area (Å²) in [4.78, 5) is 0. The van der Waals surface area contributed by atoms with E-state index in [4.69, 9.17) is 0 Å². The maximum Gasteiger partial charge on any atom is 1.00 e. The van der Waals surface area contributed by atoms with Gasteiger partial charge in [-0.05, 0) is 12.8 Å². The molecule has 0 aliphatic rings. The number of halogens is 3. The summed E-state index contributed by atoms with van der Waals surface area (Å²) in [5.74, 6) is -0.424. The van der Waals surface area contributed by atoms with Gasteiger partial charge in [-0.15, -0.1) is 0 Å². The molecule has 0 saturated heterocycles. The summed E-state index contributed by atoms with van der Waals surface area (Å²) in [5, 5.41) is 0. The third-order valence-corrected chi connectivity index (χ3v) is 2.64. The van der Waals surface area contributed by atoms with Gasteiger partial charge in [0.1, 0.15) is 0 Å². The van der Waals surface area contributed by atoms with Crippen molar-refractivity contribution in [1.29, 1.82) is 0 Å². The monoisotopic (exact) mass is 254 g/mol. The van der Waals surface area contributed by atoms with Crippen LogP contribution >= 0.6 is 0 Å². The van der Waals surface area contributed by atoms with E-state index in [2.05, 4.69) is 0 Å². The van der Waals surface area contributed by atoms with Crippen LogP contribution in [0.15, 0.2) is 0 Å². The van der Waals surface area contributed by atoms with E-state index in [0.29, 0.717) is 19.3 Å². The van der Waals surface area contributed by atoms with Gasteiger partial charge in [-0.1, -0.05) is 19.3 Å². The molecule has 0 N–H and O–H groups in total. The van der Waals surface area contributed by atoms with E-state index in [1.54, 1.807) is 0 Å². The number of hydrogen-bond donors (Lipinski definition) is 0. The summed E-state index contributed by atoms with van der Waals surface area (Å²) >= 11 is 0. The van der Waals surface area contributed by atoms with Crippen LogP contribution in [0, 0.1) is 0 Å². The maximum atomic E-state index is 11.7. The predicted octanol–water partition coefficient (Wildman–Crippen LogP) is -0.561. The maximum absolute atomic E-state index is 11.7. The van der Waals surface area contributed by atoms with Crippen LogP contribution in [0.3, 0.4) is 0 Å². The minimum atomic E-state index is -4.17. The van der Waals surface area contributed by atoms with E-state index >= 15 is 0 Å². The molecule has 0 fully saturated rings. The Hall–Kier alpha value is 0.297. The largest absolute Gasteiger partial charge is 1.00 e. The molecule has 0 radical (unpaired) electrons. The van der Waals surface area contributed by atoms with E-state index in [0.717, 1.165) is 0 Å². The summed E-state index contributed by atoms with van der Waals surface area (Å²) in [5.41, 5.74) is 0. The molecule has 0 unspecified atom stereocenters. The van der Waals surface area contributed by atoms with Gasteiger partial charge in [0.25, 0.3) is 0 Å². The Bertz CT molecular complexity index is 264. The fourth-order valence-corrected chi connectivity index (χ4v) is 1.69. The first-order chi connectivity index (χ1) is 6.71. The van der Waals surface area contributed by atoms with Crippen LogP contribution in [-0.4, -0.2) is 24.9 Å². The first-order valence-corrected chi connectivity index (χ1v) is 6.29. The van der Waals surface area contributed by atoms with E-state index < -0.39 is 28.5 Å². The average molecular weight is 254 g/mol. The number of hydrogen-bond acceptors (Lipinski definition) is 3. The molecule has 0 aliphatic heterocycles. The van der Waals surface area contributed by atoms with Crippen LogP contribution in [0.1, 0.15) is 38.5 Å². The molecule has 0 aromatic heterocycles. The van der Waals surface area contributed by atoms with E-state index in [1.165, 1.54) is 0 Å². The summed E-state index contributed by atoms with van der Waals surface area (Å²) in [6.07, 6.45) is -3.18. The van der Waals surface area contributed by atoms with E-state index in [-0.39, 0.29) is 31.7 Å². The summed E-state index contributed by atoms with van der Waals surface area (Å²) in [6, 6.07) is 0. The van der Waals surface area contributed by atoms with Gasteiger partial charge in [0.05, 0.1) is 10.1 Å². The Morgan fingerprint density at radius 2 is 1.38 bits per heavy atom. The SMILES string of the molecule is O=S(=O)([O-])CCCCCCCC(F)(F)F.[Li+]. The zero-order valence-electron chi connectivity index (χ0n) is 9.22. The normalized spacial score (nSPS) is 12.2. The van der Waals surface area contributed by atoms with Gasteiger partial charge in [-0.3, -0.25) is 0 Å². The van der Waals surface area contributed by atoms with Gasteiger partial charge in [-0.2, -0.15) is 13.2 Å². The molecular weight excluding hydrogens is 240 g/mol. The molecule has 0 aromatic rings. The van der Waals surface area contributed by atoms with Crippen molar-refractivity contribution in [3.63, 3.8) is 0 Å². The number of rotatable bonds is 7. The molecule has 0 bridgehead atoms. The van der Waals surface area contributed by atoms with Crippen molar-refractivity contribution in [2.24, 2.45) is 0 Å². The van der Waals surface area contributed by atoms with Crippen molar-refractivity contribution < 1.29 is 45.0 Å². The van der Waals surface area contributed by atoms with Crippen LogP contribution in [0.5, 0.6) is 0 Å². The molecule has 3 nitrogen and oxygen atoms in total. The van der Waals surface area contributed by atoms with Gasteiger partial charge in [0.15, 0.2) is 0 Å². The van der Waals surface area contributed by atoms with Crippen molar-refractivity contribution in [1.82, 2.24) is 0 Å². The smallest absolute Gasteiger partial charge is 0.748 e. The van der Waals surface area contributed by atoms with Gasteiger partial charge in [-0.25, -0.2) is 8.42 Å². The molecule has 0 atom stereocenters. The molecule has 0 aromatic carbocycles. The fraction of sp³-hybridized carbons (Fsp3) is 1.00. The number of unbranched alkanes of at least 4 members (excludes halogenated alkanes) is 4. The Labute approximate surface area is 106 Å². The van der Waals surface area contributed by atoms with Crippen molar-refractivity contribution >= 4 is 10.1 Å². The van der Waals surface area contributed by atoms with Crippen molar-refractivity contribution in [2.75, 3.05) is 5.75 Å². The van der Waals surface area contributed by atoms with Crippen LogP contribution < -0.4 is 18.9 Å². The summed E-state index contributed by atoms with van der Waals surface area (Å²) in [7, 11) is -4.17. The zero-order valence-corrected chi connectivity index (χ0v) is 10.0. The van der Waals surface area contributed by atoms with Crippen LogP contribution in [0.2, 0.25) is 0 Å². The first kappa shape index (κ1) is 18.7. The summed E-state index contributed by atoms with van der Waals surface area (Å²) in [6.45, 7) is 0. The molecule has 0 rings (SSSR count). The third-order valence-electron chi connectivity index (χ3n) is 1.85. The molecular formula is C8H14F3LiO3S. The average Bonchev–Trinajstić information content (AvgIpc) is 1.98. The molecule has 0 amide bonds. The Kier molecular flexibility index (Phi) is 9.79. The molecule has 0 saturated carbocycles. The third kappa shape index (κ3) is 16.7. The van der Waals surface area contributed by atoms with Gasteiger partial charge < -0.3 is 4.55 Å². The standard InChI is InChI=1S/C8H15F3O3S.Li/c9-8(10,11)6-4-2-1-3-5-7-15(12,13)14;/h1-7H2,(H,12,13,14);/q;+1/p-1. The molecule has 8 heteroatoms. The van der Waals surface area contributed by atoms with Gasteiger partial charge in [0.2, 0.25) is 0 Å². The second kappa shape index (κ2) is 8.40. The summed E-state index contributed by atoms with van der Waals surface area (Å²) < 4.78 is 65.4. The molecule has 92 valence electrons. The second-order valence-corrected chi connectivity index (χ2v) is 4.92. The molecule has 0 spiro atoms. The van der Waals surface area contributed by atoms with Crippen LogP contribution in [0.25, 0.3) is 0 Å². The second-order valence-electron chi connectivity index (χ2n) is 3.39. The first-order valence-electron chi connectivity index (χ1n) is 4.71.